The first-order valence-electron chi connectivity index (χ1n) is 7.94. The van der Waals surface area contributed by atoms with Gasteiger partial charge >= 0.3 is 0 Å². The largest absolute Gasteiger partial charge is 0.378 e. The van der Waals surface area contributed by atoms with Gasteiger partial charge in [-0.15, -0.1) is 0 Å². The van der Waals surface area contributed by atoms with Crippen molar-refractivity contribution in [3.05, 3.63) is 35.9 Å². The zero-order valence-corrected chi connectivity index (χ0v) is 12.6. The van der Waals surface area contributed by atoms with Crippen molar-refractivity contribution >= 4 is 5.91 Å². The van der Waals surface area contributed by atoms with Crippen LogP contribution in [0.5, 0.6) is 0 Å². The Hall–Kier alpha value is -1.39. The van der Waals surface area contributed by atoms with Crippen LogP contribution in [-0.2, 0) is 16.0 Å². The molecule has 0 spiro atoms. The normalized spacial score (nSPS) is 20.0. The first kappa shape index (κ1) is 16.0. The average molecular weight is 290 g/mol. The number of carbonyl (C=O) groups excluding carboxylic acids is 1. The monoisotopic (exact) mass is 290 g/mol. The van der Waals surface area contributed by atoms with E-state index < -0.39 is 6.04 Å². The van der Waals surface area contributed by atoms with Gasteiger partial charge in [-0.25, -0.2) is 0 Å². The molecule has 116 valence electrons. The Bertz CT molecular complexity index is 416. The molecule has 2 atom stereocenters. The first-order valence-corrected chi connectivity index (χ1v) is 7.94. The average Bonchev–Trinajstić information content (AvgIpc) is 2.54. The smallest absolute Gasteiger partial charge is 0.236 e. The van der Waals surface area contributed by atoms with Crippen LogP contribution < -0.4 is 11.1 Å². The second-order valence-electron chi connectivity index (χ2n) is 5.70. The molecule has 0 radical (unpaired) electrons. The molecular formula is C17H26N2O2. The molecule has 1 aliphatic heterocycles. The van der Waals surface area contributed by atoms with E-state index in [0.29, 0.717) is 19.1 Å². The lowest BCUT2D eigenvalue weighted by molar-refractivity contribution is -0.122. The van der Waals surface area contributed by atoms with Crippen LogP contribution in [-0.4, -0.2) is 31.2 Å². The van der Waals surface area contributed by atoms with E-state index in [2.05, 4.69) is 17.4 Å². The van der Waals surface area contributed by atoms with Crippen LogP contribution in [0.3, 0.4) is 0 Å². The Morgan fingerprint density at radius 2 is 2.14 bits per heavy atom. The zero-order valence-electron chi connectivity index (χ0n) is 12.6. The van der Waals surface area contributed by atoms with E-state index in [-0.39, 0.29) is 5.91 Å². The number of hydrogen-bond acceptors (Lipinski definition) is 3. The maximum atomic E-state index is 11.9. The fourth-order valence-electron chi connectivity index (χ4n) is 2.62. The van der Waals surface area contributed by atoms with E-state index in [1.165, 1.54) is 12.0 Å². The Kier molecular flexibility index (Phi) is 6.70. The van der Waals surface area contributed by atoms with Crippen molar-refractivity contribution < 1.29 is 9.53 Å². The molecule has 1 fully saturated rings. The van der Waals surface area contributed by atoms with Gasteiger partial charge in [0, 0.05) is 13.2 Å². The molecule has 1 unspecified atom stereocenters. The lowest BCUT2D eigenvalue weighted by Crippen LogP contribution is -2.42. The Morgan fingerprint density at radius 3 is 2.86 bits per heavy atom. The standard InChI is InChI=1S/C17H26N2O2/c18-16(10-9-14-6-2-1-3-7-14)17(20)19-12-11-15-8-4-5-13-21-15/h1-3,6-7,15-16H,4-5,8-13,18H2,(H,19,20)/t15?,16-/m0/s1. The van der Waals surface area contributed by atoms with Gasteiger partial charge in [0.25, 0.3) is 0 Å². The van der Waals surface area contributed by atoms with E-state index in [1.54, 1.807) is 0 Å². The predicted octanol–water partition coefficient (Wildman–Crippen LogP) is 2.02. The van der Waals surface area contributed by atoms with E-state index in [1.807, 2.05) is 18.2 Å². The van der Waals surface area contributed by atoms with Gasteiger partial charge in [-0.1, -0.05) is 30.3 Å². The summed E-state index contributed by atoms with van der Waals surface area (Å²) in [5, 5.41) is 2.92. The number of amides is 1. The second-order valence-corrected chi connectivity index (χ2v) is 5.70. The molecule has 1 heterocycles. The van der Waals surface area contributed by atoms with Crippen molar-refractivity contribution in [1.29, 1.82) is 0 Å². The summed E-state index contributed by atoms with van der Waals surface area (Å²) in [7, 11) is 0. The Morgan fingerprint density at radius 1 is 1.33 bits per heavy atom. The summed E-state index contributed by atoms with van der Waals surface area (Å²) in [6, 6.07) is 9.69. The summed E-state index contributed by atoms with van der Waals surface area (Å²) in [4.78, 5) is 11.9. The number of benzene rings is 1. The molecule has 0 saturated carbocycles. The number of rotatable bonds is 7. The molecule has 1 aliphatic rings. The van der Waals surface area contributed by atoms with Crippen LogP contribution in [0.2, 0.25) is 0 Å². The molecule has 2 rings (SSSR count). The van der Waals surface area contributed by atoms with Crippen molar-refractivity contribution in [2.45, 2.75) is 50.7 Å². The quantitative estimate of drug-likeness (QED) is 0.807. The maximum Gasteiger partial charge on any atom is 0.236 e. The SMILES string of the molecule is N[C@@H](CCc1ccccc1)C(=O)NCCC1CCCCO1. The van der Waals surface area contributed by atoms with Crippen molar-refractivity contribution in [1.82, 2.24) is 5.32 Å². The third-order valence-corrected chi connectivity index (χ3v) is 3.96. The maximum absolute atomic E-state index is 11.9. The molecule has 0 aliphatic carbocycles. The van der Waals surface area contributed by atoms with E-state index in [4.69, 9.17) is 10.5 Å². The van der Waals surface area contributed by atoms with Gasteiger partial charge in [-0.2, -0.15) is 0 Å². The zero-order chi connectivity index (χ0) is 14.9. The lowest BCUT2D eigenvalue weighted by atomic mass is 10.0. The molecule has 1 amide bonds. The van der Waals surface area contributed by atoms with Gasteiger partial charge < -0.3 is 15.8 Å². The van der Waals surface area contributed by atoms with Crippen molar-refractivity contribution in [2.24, 2.45) is 5.73 Å². The van der Waals surface area contributed by atoms with E-state index >= 15 is 0 Å². The van der Waals surface area contributed by atoms with Crippen LogP contribution in [0.4, 0.5) is 0 Å². The third kappa shape index (κ3) is 5.86. The summed E-state index contributed by atoms with van der Waals surface area (Å²) in [6.07, 6.45) is 6.20. The molecule has 4 heteroatoms. The minimum atomic E-state index is -0.433. The highest BCUT2D eigenvalue weighted by Gasteiger charge is 2.16. The van der Waals surface area contributed by atoms with Gasteiger partial charge in [-0.3, -0.25) is 4.79 Å². The highest BCUT2D eigenvalue weighted by molar-refractivity contribution is 5.81. The van der Waals surface area contributed by atoms with Crippen LogP contribution >= 0.6 is 0 Å². The number of nitrogens with two attached hydrogens (primary N) is 1. The first-order chi connectivity index (χ1) is 10.3. The molecule has 0 bridgehead atoms. The number of aryl methyl sites for hydroxylation is 1. The fraction of sp³-hybridized carbons (Fsp3) is 0.588. The Balaban J connectivity index is 1.60. The number of carbonyl (C=O) groups is 1. The predicted molar refractivity (Wildman–Crippen MR) is 84.0 cm³/mol. The second kappa shape index (κ2) is 8.80. The minimum absolute atomic E-state index is 0.0539. The summed E-state index contributed by atoms with van der Waals surface area (Å²) in [6.45, 7) is 1.51. The van der Waals surface area contributed by atoms with Crippen LogP contribution in [0, 0.1) is 0 Å². The van der Waals surface area contributed by atoms with Crippen LogP contribution in [0.15, 0.2) is 30.3 Å². The van der Waals surface area contributed by atoms with Crippen LogP contribution in [0.1, 0.15) is 37.7 Å². The highest BCUT2D eigenvalue weighted by atomic mass is 16.5. The van der Waals surface area contributed by atoms with E-state index in [0.717, 1.165) is 32.3 Å². The van der Waals surface area contributed by atoms with Gasteiger partial charge in [0.1, 0.15) is 0 Å². The molecule has 3 N–H and O–H groups in total. The van der Waals surface area contributed by atoms with Gasteiger partial charge in [-0.05, 0) is 44.1 Å². The third-order valence-electron chi connectivity index (χ3n) is 3.96. The molecule has 1 aromatic carbocycles. The minimum Gasteiger partial charge on any atom is -0.378 e. The summed E-state index contributed by atoms with van der Waals surface area (Å²) >= 11 is 0. The molecule has 1 aromatic rings. The van der Waals surface area contributed by atoms with Gasteiger partial charge in [0.15, 0.2) is 0 Å². The summed E-state index contributed by atoms with van der Waals surface area (Å²) < 4.78 is 5.64. The number of hydrogen-bond donors (Lipinski definition) is 2. The molecule has 1 saturated heterocycles. The molecule has 4 nitrogen and oxygen atoms in total. The lowest BCUT2D eigenvalue weighted by Gasteiger charge is -2.22. The van der Waals surface area contributed by atoms with Gasteiger partial charge in [0.05, 0.1) is 12.1 Å². The summed E-state index contributed by atoms with van der Waals surface area (Å²) in [5.74, 6) is -0.0539. The Labute approximate surface area is 127 Å². The number of ether oxygens (including phenoxy) is 1. The molecular weight excluding hydrogens is 264 g/mol. The fourth-order valence-corrected chi connectivity index (χ4v) is 2.62. The molecule has 21 heavy (non-hydrogen) atoms. The van der Waals surface area contributed by atoms with Gasteiger partial charge in [0.2, 0.25) is 5.91 Å². The number of nitrogens with one attached hydrogen (secondary N) is 1. The molecule has 0 aromatic heterocycles. The van der Waals surface area contributed by atoms with Crippen molar-refractivity contribution in [3.63, 3.8) is 0 Å². The van der Waals surface area contributed by atoms with Crippen molar-refractivity contribution in [2.75, 3.05) is 13.2 Å². The highest BCUT2D eigenvalue weighted by Crippen LogP contribution is 2.14. The van der Waals surface area contributed by atoms with Crippen molar-refractivity contribution in [3.8, 4) is 0 Å². The van der Waals surface area contributed by atoms with Crippen LogP contribution in [0.25, 0.3) is 0 Å². The topological polar surface area (TPSA) is 64.4 Å². The van der Waals surface area contributed by atoms with E-state index in [9.17, 15) is 4.79 Å². The summed E-state index contributed by atoms with van der Waals surface area (Å²) in [5.41, 5.74) is 7.16.